The van der Waals surface area contributed by atoms with Crippen LogP contribution >= 0.6 is 0 Å². The summed E-state index contributed by atoms with van der Waals surface area (Å²) in [5.74, 6) is -9.83. The molecule has 0 aromatic carbocycles. The lowest BCUT2D eigenvalue weighted by atomic mass is 10.1. The SMILES string of the molecule is C[C@H](N)C(=O)N[C@@H](C)C(=O)N[C@@H](C)C(=O)N[C@@H](C)C(=O)N[C@@H](C)C(=O)N[C@@H](C)C(=O)NCC(=O)NCC(=O)NCC(=O)NCC(=O)N[C@@H](Cc1cnc[nH]1)C(=O)N[C@@H](Cc1cnc[nH]1)C(=O)O. The van der Waals surface area contributed by atoms with Gasteiger partial charge in [-0.15, -0.1) is 0 Å². The van der Waals surface area contributed by atoms with Crippen molar-refractivity contribution >= 4 is 70.9 Å². The first kappa shape index (κ1) is 55.2. The Kier molecular flexibility index (Phi) is 22.5. The summed E-state index contributed by atoms with van der Waals surface area (Å²) in [6.45, 7) is 5.60. The lowest BCUT2D eigenvalue weighted by Crippen LogP contribution is -2.57. The zero-order valence-electron chi connectivity index (χ0n) is 37.5. The van der Waals surface area contributed by atoms with Gasteiger partial charge in [0, 0.05) is 36.6 Å². The standard InChI is InChI=1S/C38H58N16O13/c1-17(39)31(59)48-19(3)33(61)50-21(5)35(63)52-22(6)36(64)51-20(4)34(62)49-18(2)32(60)45-13-29(57)43-11-27(55)42-12-28(56)44-14-30(58)53-25(7-23-9-40-15-46-23)37(65)54-26(38(66)67)8-24-10-41-16-47-24/h9-10,15-22,25-26H,7-8,11-14,39H2,1-6H3,(H,40,46)(H,41,47)(H,42,55)(H,43,57)(H,44,56)(H,45,60)(H,48,59)(H,49,62)(H,50,61)(H,51,64)(H,52,63)(H,53,58)(H,54,65)(H,66,67)/t17-,18-,19-,20-,21-,22-,25-,26-/m0/s1. The molecule has 2 heterocycles. The first-order chi connectivity index (χ1) is 31.5. The number of aromatic amines is 2. The van der Waals surface area contributed by atoms with E-state index in [1.807, 2.05) is 0 Å². The predicted molar refractivity (Wildman–Crippen MR) is 230 cm³/mol. The van der Waals surface area contributed by atoms with E-state index >= 15 is 0 Å². The first-order valence-electron chi connectivity index (χ1n) is 20.6. The number of aliphatic carboxylic acids is 1. The molecule has 29 nitrogen and oxygen atoms in total. The average Bonchev–Trinajstić information content (AvgIpc) is 4.00. The Morgan fingerprint density at radius 1 is 0.463 bits per heavy atom. The molecule has 0 aliphatic rings. The van der Waals surface area contributed by atoms with E-state index in [0.29, 0.717) is 11.4 Å². The number of carboxylic acids is 1. The highest BCUT2D eigenvalue weighted by atomic mass is 16.4. The average molecular weight is 947 g/mol. The van der Waals surface area contributed by atoms with Gasteiger partial charge in [-0.25, -0.2) is 14.8 Å². The number of H-pyrrole nitrogens is 2. The van der Waals surface area contributed by atoms with Gasteiger partial charge in [-0.3, -0.25) is 52.7 Å². The third kappa shape index (κ3) is 20.6. The van der Waals surface area contributed by atoms with E-state index in [4.69, 9.17) is 5.73 Å². The van der Waals surface area contributed by atoms with Gasteiger partial charge in [0.25, 0.3) is 0 Å². The molecule has 0 radical (unpaired) electrons. The van der Waals surface area contributed by atoms with Gasteiger partial charge in [0.05, 0.1) is 44.9 Å². The van der Waals surface area contributed by atoms with E-state index in [9.17, 15) is 62.6 Å². The maximum Gasteiger partial charge on any atom is 0.326 e. The van der Waals surface area contributed by atoms with Crippen LogP contribution in [0.3, 0.4) is 0 Å². The quantitative estimate of drug-likeness (QED) is 0.0396. The molecule has 29 heteroatoms. The molecule has 11 amide bonds. The summed E-state index contributed by atoms with van der Waals surface area (Å²) in [5.41, 5.74) is 6.34. The first-order valence-corrected chi connectivity index (χ1v) is 20.6. The second kappa shape index (κ2) is 27.4. The molecule has 2 aromatic rings. The van der Waals surface area contributed by atoms with Crippen molar-refractivity contribution in [2.75, 3.05) is 26.2 Å². The number of hydrogen-bond donors (Lipinski definition) is 15. The van der Waals surface area contributed by atoms with Crippen LogP contribution in [0.1, 0.15) is 52.9 Å². The number of nitrogens with zero attached hydrogens (tertiary/aromatic N) is 2. The summed E-state index contributed by atoms with van der Waals surface area (Å²) in [7, 11) is 0. The summed E-state index contributed by atoms with van der Waals surface area (Å²) < 4.78 is 0. The van der Waals surface area contributed by atoms with E-state index < -0.39 is 145 Å². The number of aromatic nitrogens is 4. The van der Waals surface area contributed by atoms with Crippen molar-refractivity contribution in [3.8, 4) is 0 Å². The van der Waals surface area contributed by atoms with Gasteiger partial charge < -0.3 is 79.3 Å². The molecule has 0 bridgehead atoms. The van der Waals surface area contributed by atoms with Crippen molar-refractivity contribution in [2.45, 2.75) is 103 Å². The number of carbonyl (C=O) groups excluding carboxylic acids is 11. The largest absolute Gasteiger partial charge is 0.480 e. The van der Waals surface area contributed by atoms with Gasteiger partial charge in [-0.05, 0) is 41.5 Å². The number of nitrogens with two attached hydrogens (primary N) is 1. The Labute approximate surface area is 382 Å². The molecule has 0 fully saturated rings. The molecule has 0 unspecified atom stereocenters. The smallest absolute Gasteiger partial charge is 0.326 e. The van der Waals surface area contributed by atoms with Gasteiger partial charge in [-0.2, -0.15) is 0 Å². The van der Waals surface area contributed by atoms with Crippen LogP contribution in [0.15, 0.2) is 25.0 Å². The van der Waals surface area contributed by atoms with Gasteiger partial charge in [0.2, 0.25) is 65.0 Å². The van der Waals surface area contributed by atoms with Crippen LogP contribution < -0.4 is 64.2 Å². The van der Waals surface area contributed by atoms with E-state index in [1.165, 1.54) is 66.6 Å². The Hall–Kier alpha value is -7.98. The monoisotopic (exact) mass is 946 g/mol. The molecule has 2 aromatic heterocycles. The number of carbonyl (C=O) groups is 12. The Bertz CT molecular complexity index is 2080. The van der Waals surface area contributed by atoms with Gasteiger partial charge >= 0.3 is 5.97 Å². The van der Waals surface area contributed by atoms with Crippen molar-refractivity contribution in [3.63, 3.8) is 0 Å². The Balaban J connectivity index is 1.70. The molecule has 0 saturated carbocycles. The minimum atomic E-state index is -1.37. The maximum absolute atomic E-state index is 13.1. The number of imidazole rings is 2. The highest BCUT2D eigenvalue weighted by molar-refractivity contribution is 5.97. The number of amides is 11. The molecule has 8 atom stereocenters. The molecule has 368 valence electrons. The summed E-state index contributed by atoms with van der Waals surface area (Å²) >= 11 is 0. The second-order valence-corrected chi connectivity index (χ2v) is 15.1. The number of hydrogen-bond acceptors (Lipinski definition) is 15. The van der Waals surface area contributed by atoms with Crippen molar-refractivity contribution in [2.24, 2.45) is 5.73 Å². The highest BCUT2D eigenvalue weighted by Gasteiger charge is 2.29. The van der Waals surface area contributed by atoms with Crippen LogP contribution in [-0.2, 0) is 70.4 Å². The lowest BCUT2D eigenvalue weighted by molar-refractivity contribution is -0.142. The fraction of sp³-hybridized carbons (Fsp3) is 0.526. The van der Waals surface area contributed by atoms with Gasteiger partial charge in [0.15, 0.2) is 0 Å². The minimum Gasteiger partial charge on any atom is -0.480 e. The molecule has 16 N–H and O–H groups in total. The zero-order chi connectivity index (χ0) is 50.4. The van der Waals surface area contributed by atoms with Crippen LogP contribution in [0.4, 0.5) is 0 Å². The summed E-state index contributed by atoms with van der Waals surface area (Å²) in [5, 5.41) is 35.2. The van der Waals surface area contributed by atoms with Crippen LogP contribution in [0, 0.1) is 0 Å². The third-order valence-electron chi connectivity index (χ3n) is 9.16. The van der Waals surface area contributed by atoms with E-state index in [-0.39, 0.29) is 12.8 Å². The van der Waals surface area contributed by atoms with Crippen LogP contribution in [0.5, 0.6) is 0 Å². The van der Waals surface area contributed by atoms with Gasteiger partial charge in [-0.1, -0.05) is 0 Å². The maximum atomic E-state index is 13.1. The molecule has 2 rings (SSSR count). The zero-order valence-corrected chi connectivity index (χ0v) is 37.5. The van der Waals surface area contributed by atoms with Crippen LogP contribution in [-0.4, -0.2) is 171 Å². The van der Waals surface area contributed by atoms with Crippen LogP contribution in [0.2, 0.25) is 0 Å². The third-order valence-corrected chi connectivity index (χ3v) is 9.16. The van der Waals surface area contributed by atoms with Gasteiger partial charge in [0.1, 0.15) is 42.3 Å². The van der Waals surface area contributed by atoms with Crippen molar-refractivity contribution in [1.82, 2.24) is 78.4 Å². The number of rotatable bonds is 27. The molecule has 0 saturated heterocycles. The van der Waals surface area contributed by atoms with E-state index in [0.717, 1.165) is 0 Å². The van der Waals surface area contributed by atoms with Crippen molar-refractivity contribution in [1.29, 1.82) is 0 Å². The molecular formula is C38H58N16O13. The number of nitrogens with one attached hydrogen (secondary N) is 13. The topological polar surface area (TPSA) is 441 Å². The summed E-state index contributed by atoms with van der Waals surface area (Å²) in [6, 6.07) is -9.20. The van der Waals surface area contributed by atoms with E-state index in [2.05, 4.69) is 78.4 Å². The fourth-order valence-electron chi connectivity index (χ4n) is 5.23. The van der Waals surface area contributed by atoms with Crippen molar-refractivity contribution < 1.29 is 62.6 Å². The second-order valence-electron chi connectivity index (χ2n) is 15.1. The molecular weight excluding hydrogens is 889 g/mol. The summed E-state index contributed by atoms with van der Waals surface area (Å²) in [6.07, 6.45) is 5.24. The Morgan fingerprint density at radius 2 is 0.806 bits per heavy atom. The molecule has 0 spiro atoms. The lowest BCUT2D eigenvalue weighted by Gasteiger charge is -2.22. The number of carboxylic acid groups (broad SMARTS) is 1. The van der Waals surface area contributed by atoms with Crippen molar-refractivity contribution in [3.05, 3.63) is 36.4 Å². The predicted octanol–water partition coefficient (Wildman–Crippen LogP) is -7.69. The Morgan fingerprint density at radius 3 is 1.16 bits per heavy atom. The summed E-state index contributed by atoms with van der Waals surface area (Å²) in [4.78, 5) is 162. The molecule has 0 aliphatic heterocycles. The fourth-order valence-corrected chi connectivity index (χ4v) is 5.23. The van der Waals surface area contributed by atoms with E-state index in [1.54, 1.807) is 0 Å². The normalized spacial score (nSPS) is 14.3. The molecule has 67 heavy (non-hydrogen) atoms. The van der Waals surface area contributed by atoms with Crippen LogP contribution in [0.25, 0.3) is 0 Å². The minimum absolute atomic E-state index is 0.109. The highest BCUT2D eigenvalue weighted by Crippen LogP contribution is 2.03. The molecule has 0 aliphatic carbocycles.